The molecular formula is C15H17N3O2. The van der Waals surface area contributed by atoms with Gasteiger partial charge in [-0.3, -0.25) is 0 Å². The molecule has 1 aliphatic heterocycles. The Balaban J connectivity index is 2.01. The number of benzene rings is 1. The lowest BCUT2D eigenvalue weighted by molar-refractivity contribution is 0.0697. The number of nitrogens with two attached hydrogens (primary N) is 1. The van der Waals surface area contributed by atoms with Crippen molar-refractivity contribution in [1.29, 1.82) is 0 Å². The summed E-state index contributed by atoms with van der Waals surface area (Å²) in [4.78, 5) is 15.7. The van der Waals surface area contributed by atoms with Crippen molar-refractivity contribution >= 4 is 5.97 Å². The van der Waals surface area contributed by atoms with Gasteiger partial charge in [0.05, 0.1) is 11.3 Å². The maximum absolute atomic E-state index is 11.0. The van der Waals surface area contributed by atoms with E-state index in [2.05, 4.69) is 9.55 Å². The molecule has 20 heavy (non-hydrogen) atoms. The van der Waals surface area contributed by atoms with Gasteiger partial charge in [-0.1, -0.05) is 12.1 Å². The number of rotatable bonds is 3. The van der Waals surface area contributed by atoms with Crippen molar-refractivity contribution in [2.24, 2.45) is 5.73 Å². The highest BCUT2D eigenvalue weighted by Gasteiger charge is 2.22. The number of carboxylic acids is 1. The van der Waals surface area contributed by atoms with Crippen LogP contribution in [0.3, 0.4) is 0 Å². The third kappa shape index (κ3) is 2.20. The molecule has 1 aliphatic rings. The van der Waals surface area contributed by atoms with Gasteiger partial charge in [0.1, 0.15) is 5.82 Å². The summed E-state index contributed by atoms with van der Waals surface area (Å²) in [5.41, 5.74) is 7.74. The van der Waals surface area contributed by atoms with Crippen LogP contribution in [0.1, 0.15) is 34.9 Å². The molecule has 1 aromatic heterocycles. The SMILES string of the molecule is NCC1CCCn2cc(-c3cccc(C(=O)O)c3)nc21. The number of aromatic nitrogens is 2. The second-order valence-corrected chi connectivity index (χ2v) is 5.14. The van der Waals surface area contributed by atoms with Crippen LogP contribution >= 0.6 is 0 Å². The van der Waals surface area contributed by atoms with Gasteiger partial charge in [0, 0.05) is 30.8 Å². The van der Waals surface area contributed by atoms with E-state index >= 15 is 0 Å². The van der Waals surface area contributed by atoms with Crippen molar-refractivity contribution in [2.45, 2.75) is 25.3 Å². The minimum absolute atomic E-state index is 0.281. The van der Waals surface area contributed by atoms with E-state index in [1.54, 1.807) is 18.2 Å². The fraction of sp³-hybridized carbons (Fsp3) is 0.333. The monoisotopic (exact) mass is 271 g/mol. The highest BCUT2D eigenvalue weighted by atomic mass is 16.4. The summed E-state index contributed by atoms with van der Waals surface area (Å²) in [6, 6.07) is 6.88. The van der Waals surface area contributed by atoms with Crippen LogP contribution in [0.25, 0.3) is 11.3 Å². The molecule has 0 fully saturated rings. The predicted molar refractivity (Wildman–Crippen MR) is 75.7 cm³/mol. The van der Waals surface area contributed by atoms with Gasteiger partial charge in [-0.25, -0.2) is 9.78 Å². The van der Waals surface area contributed by atoms with Gasteiger partial charge in [0.25, 0.3) is 0 Å². The van der Waals surface area contributed by atoms with Crippen LogP contribution in [0.5, 0.6) is 0 Å². The van der Waals surface area contributed by atoms with E-state index in [4.69, 9.17) is 10.8 Å². The van der Waals surface area contributed by atoms with Crippen molar-refractivity contribution in [3.8, 4) is 11.3 Å². The minimum atomic E-state index is -0.921. The summed E-state index contributed by atoms with van der Waals surface area (Å²) in [6.07, 6.45) is 4.18. The summed E-state index contributed by atoms with van der Waals surface area (Å²) in [5.74, 6) is 0.408. The van der Waals surface area contributed by atoms with Crippen LogP contribution in [0.2, 0.25) is 0 Å². The average Bonchev–Trinajstić information content (AvgIpc) is 2.91. The third-order valence-corrected chi connectivity index (χ3v) is 3.81. The summed E-state index contributed by atoms with van der Waals surface area (Å²) in [7, 11) is 0. The maximum Gasteiger partial charge on any atom is 0.335 e. The Labute approximate surface area is 117 Å². The number of nitrogens with zero attached hydrogens (tertiary/aromatic N) is 2. The topological polar surface area (TPSA) is 81.1 Å². The highest BCUT2D eigenvalue weighted by molar-refractivity contribution is 5.89. The van der Waals surface area contributed by atoms with Crippen LogP contribution in [-0.2, 0) is 6.54 Å². The van der Waals surface area contributed by atoms with Gasteiger partial charge in [-0.15, -0.1) is 0 Å². The fourth-order valence-corrected chi connectivity index (χ4v) is 2.75. The molecule has 0 amide bonds. The van der Waals surface area contributed by atoms with Crippen LogP contribution in [0.4, 0.5) is 0 Å². The summed E-state index contributed by atoms with van der Waals surface area (Å²) >= 11 is 0. The molecule has 0 saturated carbocycles. The normalized spacial score (nSPS) is 17.8. The van der Waals surface area contributed by atoms with Crippen LogP contribution < -0.4 is 5.73 Å². The summed E-state index contributed by atoms with van der Waals surface area (Å²) in [5, 5.41) is 9.06. The number of aryl methyl sites for hydroxylation is 1. The van der Waals surface area contributed by atoms with Crippen LogP contribution in [0, 0.1) is 0 Å². The second-order valence-electron chi connectivity index (χ2n) is 5.14. The zero-order valence-corrected chi connectivity index (χ0v) is 11.1. The molecule has 3 N–H and O–H groups in total. The molecule has 0 radical (unpaired) electrons. The van der Waals surface area contributed by atoms with Gasteiger partial charge in [0.15, 0.2) is 0 Å². The first-order chi connectivity index (χ1) is 9.69. The number of carboxylic acid groups (broad SMARTS) is 1. The van der Waals surface area contributed by atoms with Gasteiger partial charge >= 0.3 is 5.97 Å². The van der Waals surface area contributed by atoms with Crippen molar-refractivity contribution < 1.29 is 9.90 Å². The van der Waals surface area contributed by atoms with Crippen LogP contribution in [0.15, 0.2) is 30.5 Å². The van der Waals surface area contributed by atoms with E-state index in [-0.39, 0.29) is 5.56 Å². The van der Waals surface area contributed by atoms with E-state index in [0.717, 1.165) is 36.5 Å². The molecule has 2 heterocycles. The zero-order chi connectivity index (χ0) is 14.1. The highest BCUT2D eigenvalue weighted by Crippen LogP contribution is 2.29. The molecule has 2 aromatic rings. The Morgan fingerprint density at radius 2 is 2.35 bits per heavy atom. The van der Waals surface area contributed by atoms with Gasteiger partial charge in [0.2, 0.25) is 0 Å². The Hall–Kier alpha value is -2.14. The summed E-state index contributed by atoms with van der Waals surface area (Å²) in [6.45, 7) is 1.56. The number of imidazole rings is 1. The molecule has 3 rings (SSSR count). The molecule has 5 heteroatoms. The fourth-order valence-electron chi connectivity index (χ4n) is 2.75. The van der Waals surface area contributed by atoms with Crippen molar-refractivity contribution in [3.63, 3.8) is 0 Å². The lowest BCUT2D eigenvalue weighted by Crippen LogP contribution is -2.21. The zero-order valence-electron chi connectivity index (χ0n) is 11.1. The lowest BCUT2D eigenvalue weighted by atomic mass is 9.99. The Morgan fingerprint density at radius 1 is 1.50 bits per heavy atom. The Bertz CT molecular complexity index is 648. The molecule has 0 saturated heterocycles. The quantitative estimate of drug-likeness (QED) is 0.895. The van der Waals surface area contributed by atoms with E-state index in [9.17, 15) is 4.79 Å². The standard InChI is InChI=1S/C15H17N3O2/c16-8-12-5-2-6-18-9-13(17-14(12)18)10-3-1-4-11(7-10)15(19)20/h1,3-4,7,9,12H,2,5-6,8,16H2,(H,19,20). The summed E-state index contributed by atoms with van der Waals surface area (Å²) < 4.78 is 2.14. The second kappa shape index (κ2) is 5.09. The van der Waals surface area contributed by atoms with Gasteiger partial charge in [-0.05, 0) is 25.0 Å². The number of hydrogen-bond donors (Lipinski definition) is 2. The van der Waals surface area contributed by atoms with Crippen molar-refractivity contribution in [3.05, 3.63) is 41.9 Å². The van der Waals surface area contributed by atoms with Crippen molar-refractivity contribution in [1.82, 2.24) is 9.55 Å². The molecule has 1 aromatic carbocycles. The molecule has 0 bridgehead atoms. The maximum atomic E-state index is 11.0. The number of aromatic carboxylic acids is 1. The Kier molecular flexibility index (Phi) is 3.28. The van der Waals surface area contributed by atoms with E-state index in [1.165, 1.54) is 0 Å². The smallest absolute Gasteiger partial charge is 0.335 e. The first kappa shape index (κ1) is 12.9. The molecule has 5 nitrogen and oxygen atoms in total. The van der Waals surface area contributed by atoms with Crippen LogP contribution in [-0.4, -0.2) is 27.2 Å². The van der Waals surface area contributed by atoms with E-state index < -0.39 is 5.97 Å². The van der Waals surface area contributed by atoms with Gasteiger partial charge < -0.3 is 15.4 Å². The van der Waals surface area contributed by atoms with E-state index in [0.29, 0.717) is 12.5 Å². The number of fused-ring (bicyclic) bond motifs is 1. The average molecular weight is 271 g/mol. The first-order valence-electron chi connectivity index (χ1n) is 6.80. The number of hydrogen-bond acceptors (Lipinski definition) is 3. The molecule has 0 spiro atoms. The molecular weight excluding hydrogens is 254 g/mol. The lowest BCUT2D eigenvalue weighted by Gasteiger charge is -2.21. The first-order valence-corrected chi connectivity index (χ1v) is 6.80. The predicted octanol–water partition coefficient (Wildman–Crippen LogP) is 2.08. The minimum Gasteiger partial charge on any atom is -0.478 e. The van der Waals surface area contributed by atoms with E-state index in [1.807, 2.05) is 12.3 Å². The molecule has 1 unspecified atom stereocenters. The Morgan fingerprint density at radius 3 is 3.10 bits per heavy atom. The molecule has 104 valence electrons. The molecule has 1 atom stereocenters. The number of carbonyl (C=O) groups is 1. The van der Waals surface area contributed by atoms with Gasteiger partial charge in [-0.2, -0.15) is 0 Å². The van der Waals surface area contributed by atoms with Crippen molar-refractivity contribution in [2.75, 3.05) is 6.54 Å². The third-order valence-electron chi connectivity index (χ3n) is 3.81. The molecule has 0 aliphatic carbocycles. The largest absolute Gasteiger partial charge is 0.478 e.